The molecule has 0 aromatic heterocycles. The second-order valence-corrected chi connectivity index (χ2v) is 5.55. The van der Waals surface area contributed by atoms with E-state index in [0.717, 1.165) is 0 Å². The van der Waals surface area contributed by atoms with Gasteiger partial charge in [-0.05, 0) is 26.8 Å². The van der Waals surface area contributed by atoms with Crippen LogP contribution >= 0.6 is 0 Å². The number of hydrogen-bond donors (Lipinski definition) is 2. The molecule has 0 spiro atoms. The topological polar surface area (TPSA) is 67.8 Å². The molecule has 2 N–H and O–H groups in total. The van der Waals surface area contributed by atoms with Crippen molar-refractivity contribution in [3.8, 4) is 5.75 Å². The third kappa shape index (κ3) is 3.38. The van der Waals surface area contributed by atoms with Crippen molar-refractivity contribution in [3.05, 3.63) is 29.8 Å². The van der Waals surface area contributed by atoms with Crippen LogP contribution in [0.5, 0.6) is 5.75 Å². The van der Waals surface area contributed by atoms with Crippen LogP contribution in [0.3, 0.4) is 0 Å². The molecule has 19 heavy (non-hydrogen) atoms. The molecule has 1 unspecified atom stereocenters. The Morgan fingerprint density at radius 3 is 2.79 bits per heavy atom. The lowest BCUT2D eigenvalue weighted by molar-refractivity contribution is 0.0310. The van der Waals surface area contributed by atoms with Crippen LogP contribution < -0.4 is 10.1 Å². The summed E-state index contributed by atoms with van der Waals surface area (Å²) < 4.78 is 10.7. The summed E-state index contributed by atoms with van der Waals surface area (Å²) in [5.41, 5.74) is 0.109. The maximum atomic E-state index is 11.7. The Morgan fingerprint density at radius 1 is 1.42 bits per heavy atom. The first-order valence-electron chi connectivity index (χ1n) is 6.26. The van der Waals surface area contributed by atoms with Gasteiger partial charge in [-0.3, -0.25) is 0 Å². The zero-order valence-electron chi connectivity index (χ0n) is 11.3. The lowest BCUT2D eigenvalue weighted by atomic mass is 9.99. The largest absolute Gasteiger partial charge is 0.491 e. The first-order chi connectivity index (χ1) is 8.87. The van der Waals surface area contributed by atoms with Crippen molar-refractivity contribution in [2.45, 2.75) is 38.5 Å². The second kappa shape index (κ2) is 5.09. The fourth-order valence-electron chi connectivity index (χ4n) is 1.92. The summed E-state index contributed by atoms with van der Waals surface area (Å²) in [7, 11) is 0. The predicted molar refractivity (Wildman–Crippen MR) is 70.1 cm³/mol. The molecule has 2 atom stereocenters. The van der Waals surface area contributed by atoms with Gasteiger partial charge in [-0.1, -0.05) is 18.2 Å². The summed E-state index contributed by atoms with van der Waals surface area (Å²) >= 11 is 0. The Balaban J connectivity index is 2.02. The van der Waals surface area contributed by atoms with E-state index in [2.05, 4.69) is 5.32 Å². The van der Waals surface area contributed by atoms with Crippen molar-refractivity contribution >= 4 is 6.09 Å². The molecule has 0 bridgehead atoms. The normalized spacial score (nSPS) is 22.1. The summed E-state index contributed by atoms with van der Waals surface area (Å²) in [5, 5.41) is 12.8. The Morgan fingerprint density at radius 2 is 2.11 bits per heavy atom. The van der Waals surface area contributed by atoms with Gasteiger partial charge in [0, 0.05) is 5.56 Å². The fraction of sp³-hybridized carbons (Fsp3) is 0.500. The molecule has 1 aliphatic rings. The molecule has 0 fully saturated rings. The van der Waals surface area contributed by atoms with Crippen molar-refractivity contribution in [3.63, 3.8) is 0 Å². The quantitative estimate of drug-likeness (QED) is 0.815. The summed E-state index contributed by atoms with van der Waals surface area (Å²) in [5.74, 6) is 0.650. The predicted octanol–water partition coefficient (Wildman–Crippen LogP) is 2.01. The van der Waals surface area contributed by atoms with Gasteiger partial charge in [0.25, 0.3) is 0 Å². The summed E-state index contributed by atoms with van der Waals surface area (Å²) in [6.07, 6.45) is -1.35. The van der Waals surface area contributed by atoms with E-state index in [9.17, 15) is 9.90 Å². The van der Waals surface area contributed by atoms with Crippen LogP contribution in [0, 0.1) is 0 Å². The fourth-order valence-corrected chi connectivity index (χ4v) is 1.92. The van der Waals surface area contributed by atoms with Gasteiger partial charge in [0.15, 0.2) is 0 Å². The van der Waals surface area contributed by atoms with Gasteiger partial charge >= 0.3 is 6.09 Å². The van der Waals surface area contributed by atoms with E-state index >= 15 is 0 Å². The monoisotopic (exact) mass is 265 g/mol. The zero-order chi connectivity index (χ0) is 14.0. The number of ether oxygens (including phenoxy) is 2. The SMILES string of the molecule is CC(C)(C)OC(=O)NC1COc2ccccc2[C@H]1O. The number of para-hydroxylation sites is 1. The molecule has 5 nitrogen and oxygen atoms in total. The highest BCUT2D eigenvalue weighted by molar-refractivity contribution is 5.68. The minimum Gasteiger partial charge on any atom is -0.491 e. The van der Waals surface area contributed by atoms with Crippen LogP contribution in [0.1, 0.15) is 32.4 Å². The van der Waals surface area contributed by atoms with Crippen molar-refractivity contribution in [1.82, 2.24) is 5.32 Å². The summed E-state index contributed by atoms with van der Waals surface area (Å²) in [4.78, 5) is 11.7. The van der Waals surface area contributed by atoms with Gasteiger partial charge < -0.3 is 19.9 Å². The van der Waals surface area contributed by atoms with Crippen molar-refractivity contribution < 1.29 is 19.4 Å². The number of rotatable bonds is 1. The second-order valence-electron chi connectivity index (χ2n) is 5.55. The molecule has 2 rings (SSSR count). The number of aliphatic hydroxyl groups is 1. The third-order valence-electron chi connectivity index (χ3n) is 2.74. The molecule has 1 aliphatic heterocycles. The van der Waals surface area contributed by atoms with Crippen molar-refractivity contribution in [2.75, 3.05) is 6.61 Å². The van der Waals surface area contributed by atoms with Crippen LogP contribution in [0.4, 0.5) is 4.79 Å². The molecule has 0 radical (unpaired) electrons. The van der Waals surface area contributed by atoms with Gasteiger partial charge in [0.2, 0.25) is 0 Å². The van der Waals surface area contributed by atoms with Gasteiger partial charge in [-0.2, -0.15) is 0 Å². The average Bonchev–Trinajstić information content (AvgIpc) is 2.31. The molecule has 0 saturated heterocycles. The van der Waals surface area contributed by atoms with E-state index in [4.69, 9.17) is 9.47 Å². The van der Waals surface area contributed by atoms with Crippen LogP contribution in [0.2, 0.25) is 0 Å². The molecular weight excluding hydrogens is 246 g/mol. The first-order valence-corrected chi connectivity index (χ1v) is 6.26. The Kier molecular flexibility index (Phi) is 3.66. The van der Waals surface area contributed by atoms with E-state index in [-0.39, 0.29) is 6.61 Å². The van der Waals surface area contributed by atoms with Gasteiger partial charge in [-0.15, -0.1) is 0 Å². The van der Waals surface area contributed by atoms with Gasteiger partial charge in [0.1, 0.15) is 24.1 Å². The Labute approximate surface area is 112 Å². The van der Waals surface area contributed by atoms with Crippen molar-refractivity contribution in [1.29, 1.82) is 0 Å². The van der Waals surface area contributed by atoms with Crippen LogP contribution in [0.15, 0.2) is 24.3 Å². The number of aliphatic hydroxyl groups excluding tert-OH is 1. The molecule has 1 amide bonds. The smallest absolute Gasteiger partial charge is 0.408 e. The van der Waals surface area contributed by atoms with E-state index in [0.29, 0.717) is 11.3 Å². The molecule has 5 heteroatoms. The lowest BCUT2D eigenvalue weighted by Gasteiger charge is -2.31. The third-order valence-corrected chi connectivity index (χ3v) is 2.74. The molecule has 0 saturated carbocycles. The minimum atomic E-state index is -0.794. The highest BCUT2D eigenvalue weighted by Gasteiger charge is 2.31. The Hall–Kier alpha value is -1.75. The van der Waals surface area contributed by atoms with Crippen LogP contribution in [0.25, 0.3) is 0 Å². The summed E-state index contributed by atoms with van der Waals surface area (Å²) in [6, 6.07) is 6.73. The number of nitrogens with one attached hydrogen (secondary N) is 1. The van der Waals surface area contributed by atoms with E-state index in [1.807, 2.05) is 12.1 Å². The number of fused-ring (bicyclic) bond motifs is 1. The number of amides is 1. The molecular formula is C14H19NO4. The van der Waals surface area contributed by atoms with Gasteiger partial charge in [0.05, 0.1) is 6.04 Å². The van der Waals surface area contributed by atoms with Gasteiger partial charge in [-0.25, -0.2) is 4.79 Å². The number of alkyl carbamates (subject to hydrolysis) is 1. The summed E-state index contributed by atoms with van der Waals surface area (Å²) in [6.45, 7) is 5.58. The number of carbonyl (C=O) groups is 1. The van der Waals surface area contributed by atoms with Crippen molar-refractivity contribution in [2.24, 2.45) is 0 Å². The average molecular weight is 265 g/mol. The molecule has 104 valence electrons. The van der Waals surface area contributed by atoms with E-state index in [1.165, 1.54) is 0 Å². The zero-order valence-corrected chi connectivity index (χ0v) is 11.3. The molecule has 1 aromatic rings. The molecule has 0 aliphatic carbocycles. The van der Waals surface area contributed by atoms with E-state index < -0.39 is 23.8 Å². The van der Waals surface area contributed by atoms with E-state index in [1.54, 1.807) is 32.9 Å². The number of carbonyl (C=O) groups excluding carboxylic acids is 1. The maximum Gasteiger partial charge on any atom is 0.408 e. The van der Waals surface area contributed by atoms with Crippen LogP contribution in [-0.2, 0) is 4.74 Å². The molecule has 1 aromatic carbocycles. The Bertz CT molecular complexity index is 467. The number of hydrogen-bond acceptors (Lipinski definition) is 4. The van der Waals surface area contributed by atoms with Crippen LogP contribution in [-0.4, -0.2) is 29.4 Å². The maximum absolute atomic E-state index is 11.7. The minimum absolute atomic E-state index is 0.220. The molecule has 1 heterocycles. The first kappa shape index (κ1) is 13.7. The highest BCUT2D eigenvalue weighted by atomic mass is 16.6. The standard InChI is InChI=1S/C14H19NO4/c1-14(2,3)19-13(17)15-10-8-18-11-7-5-4-6-9(11)12(10)16/h4-7,10,12,16H,8H2,1-3H3,(H,15,17)/t10?,12-/m1/s1. The number of benzene rings is 1. The lowest BCUT2D eigenvalue weighted by Crippen LogP contribution is -2.47. The highest BCUT2D eigenvalue weighted by Crippen LogP contribution is 2.31.